The molecule has 1 aromatic rings. The van der Waals surface area contributed by atoms with Gasteiger partial charge in [-0.25, -0.2) is 4.39 Å². The quantitative estimate of drug-likeness (QED) is 0.674. The van der Waals surface area contributed by atoms with Crippen molar-refractivity contribution in [1.29, 1.82) is 0 Å². The van der Waals surface area contributed by atoms with Gasteiger partial charge in [0.05, 0.1) is 12.1 Å². The van der Waals surface area contributed by atoms with Gasteiger partial charge < -0.3 is 16.0 Å². The standard InChI is InChI=1S/C11H12FN3O2/c12-7-1-2-8(9(13)5-7)11(17)15-4-3-14-10(16)6-15/h1-2,5H,3-4,6,13H2,(H,14,16). The van der Waals surface area contributed by atoms with Crippen LogP contribution in [0.5, 0.6) is 0 Å². The van der Waals surface area contributed by atoms with Gasteiger partial charge >= 0.3 is 0 Å². The van der Waals surface area contributed by atoms with E-state index >= 15 is 0 Å². The van der Waals surface area contributed by atoms with E-state index in [9.17, 15) is 14.0 Å². The van der Waals surface area contributed by atoms with Crippen LogP contribution in [-0.4, -0.2) is 36.3 Å². The number of carbonyl (C=O) groups is 2. The largest absolute Gasteiger partial charge is 0.398 e. The maximum atomic E-state index is 12.8. The third-order valence-corrected chi connectivity index (χ3v) is 2.57. The number of nitrogen functional groups attached to an aromatic ring is 1. The van der Waals surface area contributed by atoms with Gasteiger partial charge in [0.1, 0.15) is 5.82 Å². The highest BCUT2D eigenvalue weighted by Crippen LogP contribution is 2.16. The molecular weight excluding hydrogens is 225 g/mol. The van der Waals surface area contributed by atoms with E-state index in [0.29, 0.717) is 13.1 Å². The van der Waals surface area contributed by atoms with Crippen LogP contribution in [0.1, 0.15) is 10.4 Å². The number of nitrogens with one attached hydrogen (secondary N) is 1. The van der Waals surface area contributed by atoms with Gasteiger partial charge in [-0.1, -0.05) is 0 Å². The Morgan fingerprint density at radius 1 is 1.47 bits per heavy atom. The zero-order chi connectivity index (χ0) is 12.4. The lowest BCUT2D eigenvalue weighted by Crippen LogP contribution is -2.50. The maximum absolute atomic E-state index is 12.8. The fraction of sp³-hybridized carbons (Fsp3) is 0.273. The van der Waals surface area contributed by atoms with E-state index in [0.717, 1.165) is 6.07 Å². The van der Waals surface area contributed by atoms with Crippen LogP contribution in [0.4, 0.5) is 10.1 Å². The molecule has 0 atom stereocenters. The average Bonchev–Trinajstić information content (AvgIpc) is 2.28. The summed E-state index contributed by atoms with van der Waals surface area (Å²) in [5, 5.41) is 2.62. The smallest absolute Gasteiger partial charge is 0.256 e. The molecule has 2 amide bonds. The Kier molecular flexibility index (Phi) is 2.95. The Morgan fingerprint density at radius 2 is 2.24 bits per heavy atom. The summed E-state index contributed by atoms with van der Waals surface area (Å²) < 4.78 is 12.8. The van der Waals surface area contributed by atoms with Crippen LogP contribution < -0.4 is 11.1 Å². The van der Waals surface area contributed by atoms with Crippen LogP contribution in [0.15, 0.2) is 18.2 Å². The summed E-state index contributed by atoms with van der Waals surface area (Å²) in [5.74, 6) is -1.04. The van der Waals surface area contributed by atoms with Gasteiger partial charge in [-0.3, -0.25) is 9.59 Å². The van der Waals surface area contributed by atoms with Gasteiger partial charge in [0.25, 0.3) is 5.91 Å². The number of anilines is 1. The molecule has 2 rings (SSSR count). The second kappa shape index (κ2) is 4.40. The monoisotopic (exact) mass is 237 g/mol. The zero-order valence-corrected chi connectivity index (χ0v) is 9.07. The molecule has 0 unspecified atom stereocenters. The molecule has 1 aromatic carbocycles. The fourth-order valence-corrected chi connectivity index (χ4v) is 1.71. The third kappa shape index (κ3) is 2.35. The Labute approximate surface area is 97.4 Å². The minimum absolute atomic E-state index is 0.00957. The number of nitrogens with two attached hydrogens (primary N) is 1. The number of carbonyl (C=O) groups excluding carboxylic acids is 2. The molecule has 17 heavy (non-hydrogen) atoms. The summed E-state index contributed by atoms with van der Waals surface area (Å²) in [7, 11) is 0. The fourth-order valence-electron chi connectivity index (χ4n) is 1.71. The summed E-state index contributed by atoms with van der Waals surface area (Å²) in [6.07, 6.45) is 0. The van der Waals surface area contributed by atoms with Crippen LogP contribution >= 0.6 is 0 Å². The molecule has 0 aliphatic carbocycles. The average molecular weight is 237 g/mol. The van der Waals surface area contributed by atoms with Crippen molar-refractivity contribution in [3.8, 4) is 0 Å². The molecule has 5 nitrogen and oxygen atoms in total. The molecular formula is C11H12FN3O2. The molecule has 0 bridgehead atoms. The van der Waals surface area contributed by atoms with E-state index in [1.165, 1.54) is 17.0 Å². The van der Waals surface area contributed by atoms with Crippen molar-refractivity contribution in [3.63, 3.8) is 0 Å². The van der Waals surface area contributed by atoms with Crippen LogP contribution in [0.2, 0.25) is 0 Å². The van der Waals surface area contributed by atoms with Crippen molar-refractivity contribution in [2.75, 3.05) is 25.4 Å². The van der Waals surface area contributed by atoms with Gasteiger partial charge in [-0.2, -0.15) is 0 Å². The Morgan fingerprint density at radius 3 is 2.88 bits per heavy atom. The summed E-state index contributed by atoms with van der Waals surface area (Å²) in [6, 6.07) is 3.60. The van der Waals surface area contributed by atoms with Gasteiger partial charge in [0, 0.05) is 18.8 Å². The number of hydrogen-bond acceptors (Lipinski definition) is 3. The molecule has 0 spiro atoms. The van der Waals surface area contributed by atoms with E-state index in [-0.39, 0.29) is 29.6 Å². The second-order valence-corrected chi connectivity index (χ2v) is 3.81. The van der Waals surface area contributed by atoms with Crippen molar-refractivity contribution in [1.82, 2.24) is 10.2 Å². The number of amides is 2. The Balaban J connectivity index is 2.21. The molecule has 90 valence electrons. The van der Waals surface area contributed by atoms with Crippen LogP contribution in [0.3, 0.4) is 0 Å². The summed E-state index contributed by atoms with van der Waals surface area (Å²) in [4.78, 5) is 24.6. The molecule has 1 fully saturated rings. The van der Waals surface area contributed by atoms with Crippen molar-refractivity contribution in [3.05, 3.63) is 29.6 Å². The first-order valence-corrected chi connectivity index (χ1v) is 5.19. The molecule has 1 saturated heterocycles. The second-order valence-electron chi connectivity index (χ2n) is 3.81. The minimum Gasteiger partial charge on any atom is -0.398 e. The lowest BCUT2D eigenvalue weighted by Gasteiger charge is -2.27. The zero-order valence-electron chi connectivity index (χ0n) is 9.07. The van der Waals surface area contributed by atoms with E-state index in [4.69, 9.17) is 5.73 Å². The SMILES string of the molecule is Nc1cc(F)ccc1C(=O)N1CCNC(=O)C1. The van der Waals surface area contributed by atoms with E-state index in [2.05, 4.69) is 5.32 Å². The maximum Gasteiger partial charge on any atom is 0.256 e. The highest BCUT2D eigenvalue weighted by Gasteiger charge is 2.23. The lowest BCUT2D eigenvalue weighted by molar-refractivity contribution is -0.123. The first kappa shape index (κ1) is 11.4. The number of rotatable bonds is 1. The number of piperazine rings is 1. The topological polar surface area (TPSA) is 75.4 Å². The molecule has 0 aromatic heterocycles. The van der Waals surface area contributed by atoms with Crippen molar-refractivity contribution >= 4 is 17.5 Å². The van der Waals surface area contributed by atoms with Crippen molar-refractivity contribution < 1.29 is 14.0 Å². The molecule has 1 aliphatic rings. The van der Waals surface area contributed by atoms with Crippen molar-refractivity contribution in [2.45, 2.75) is 0 Å². The Bertz CT molecular complexity index is 476. The first-order valence-electron chi connectivity index (χ1n) is 5.19. The highest BCUT2D eigenvalue weighted by atomic mass is 19.1. The number of hydrogen-bond donors (Lipinski definition) is 2. The van der Waals surface area contributed by atoms with Gasteiger partial charge in [-0.15, -0.1) is 0 Å². The van der Waals surface area contributed by atoms with Gasteiger partial charge in [0.15, 0.2) is 0 Å². The molecule has 3 N–H and O–H groups in total. The number of benzene rings is 1. The lowest BCUT2D eigenvalue weighted by atomic mass is 10.1. The minimum atomic E-state index is -0.490. The normalized spacial score (nSPS) is 15.6. The van der Waals surface area contributed by atoms with E-state index < -0.39 is 5.82 Å². The number of halogens is 1. The van der Waals surface area contributed by atoms with E-state index in [1.54, 1.807) is 0 Å². The predicted molar refractivity (Wildman–Crippen MR) is 59.7 cm³/mol. The predicted octanol–water partition coefficient (Wildman–Crippen LogP) is -0.0201. The highest BCUT2D eigenvalue weighted by molar-refractivity contribution is 6.01. The molecule has 0 radical (unpaired) electrons. The van der Waals surface area contributed by atoms with E-state index in [1.807, 2.05) is 0 Å². The van der Waals surface area contributed by atoms with Crippen molar-refractivity contribution in [2.24, 2.45) is 0 Å². The summed E-state index contributed by atoms with van der Waals surface area (Å²) in [6.45, 7) is 0.864. The molecule has 0 saturated carbocycles. The summed E-state index contributed by atoms with van der Waals surface area (Å²) >= 11 is 0. The van der Waals surface area contributed by atoms with Crippen LogP contribution in [0.25, 0.3) is 0 Å². The van der Waals surface area contributed by atoms with Crippen LogP contribution in [0, 0.1) is 5.82 Å². The third-order valence-electron chi connectivity index (χ3n) is 2.57. The molecule has 6 heteroatoms. The van der Waals surface area contributed by atoms with Gasteiger partial charge in [-0.05, 0) is 18.2 Å². The Hall–Kier alpha value is -2.11. The van der Waals surface area contributed by atoms with Crippen LogP contribution in [-0.2, 0) is 4.79 Å². The molecule has 1 aliphatic heterocycles. The first-order chi connectivity index (χ1) is 8.08. The summed E-state index contributed by atoms with van der Waals surface area (Å²) in [5.41, 5.74) is 5.88. The molecule has 1 heterocycles. The van der Waals surface area contributed by atoms with Gasteiger partial charge in [0.2, 0.25) is 5.91 Å². The number of nitrogens with zero attached hydrogens (tertiary/aromatic N) is 1.